The van der Waals surface area contributed by atoms with Gasteiger partial charge in [0.2, 0.25) is 0 Å². The van der Waals surface area contributed by atoms with Gasteiger partial charge in [-0.05, 0) is 12.1 Å². The van der Waals surface area contributed by atoms with E-state index in [1.807, 2.05) is 23.6 Å². The number of hydrogen-bond acceptors (Lipinski definition) is 5. The number of nitrogens with two attached hydrogens (primary N) is 1. The number of anilines is 1. The predicted molar refractivity (Wildman–Crippen MR) is 74.3 cm³/mol. The maximum atomic E-state index is 8.90. The van der Waals surface area contributed by atoms with Crippen LogP contribution in [0.2, 0.25) is 0 Å². The van der Waals surface area contributed by atoms with E-state index in [4.69, 9.17) is 11.0 Å². The summed E-state index contributed by atoms with van der Waals surface area (Å²) in [4.78, 5) is 4.53. The van der Waals surface area contributed by atoms with Crippen LogP contribution >= 0.6 is 11.3 Å². The van der Waals surface area contributed by atoms with Crippen molar-refractivity contribution in [3.05, 3.63) is 41.4 Å². The first-order valence-corrected chi connectivity index (χ1v) is 6.41. The van der Waals surface area contributed by atoms with Gasteiger partial charge in [-0.15, -0.1) is 11.3 Å². The molecule has 0 unspecified atom stereocenters. The smallest absolute Gasteiger partial charge is 0.129 e. The number of hydrogen-bond donors (Lipinski definition) is 2. The Bertz CT molecular complexity index is 765. The van der Waals surface area contributed by atoms with Crippen LogP contribution in [0.1, 0.15) is 5.56 Å². The summed E-state index contributed by atoms with van der Waals surface area (Å²) in [6.45, 7) is 0. The molecule has 3 rings (SSSR count). The predicted octanol–water partition coefficient (Wildman–Crippen LogP) is 2.65. The maximum absolute atomic E-state index is 8.90. The molecule has 0 spiro atoms. The van der Waals surface area contributed by atoms with Crippen LogP contribution < -0.4 is 5.73 Å². The molecule has 19 heavy (non-hydrogen) atoms. The summed E-state index contributed by atoms with van der Waals surface area (Å²) in [5.74, 6) is 0.506. The fraction of sp³-hybridized carbons (Fsp3) is 0. The standard InChI is InChI=1S/C13H9N5S/c14-5-8-2-1-3-9(4-8)11-7-19-13(17-11)10-6-16-18-12(10)15/h1-4,6-7H,(H3,15,16,18). The second-order valence-electron chi connectivity index (χ2n) is 3.93. The second kappa shape index (κ2) is 4.55. The Kier molecular flexibility index (Phi) is 2.74. The van der Waals surface area contributed by atoms with Gasteiger partial charge in [0.15, 0.2) is 0 Å². The molecule has 3 aromatic rings. The van der Waals surface area contributed by atoms with Crippen LogP contribution in [0.15, 0.2) is 35.8 Å². The van der Waals surface area contributed by atoms with E-state index in [0.717, 1.165) is 21.8 Å². The maximum Gasteiger partial charge on any atom is 0.129 e. The molecule has 92 valence electrons. The number of aromatic amines is 1. The molecular formula is C13H9N5S. The quantitative estimate of drug-likeness (QED) is 0.746. The summed E-state index contributed by atoms with van der Waals surface area (Å²) in [6, 6.07) is 9.48. The first kappa shape index (κ1) is 11.4. The molecule has 5 nitrogen and oxygen atoms in total. The lowest BCUT2D eigenvalue weighted by molar-refractivity contribution is 1.10. The van der Waals surface area contributed by atoms with Gasteiger partial charge in [-0.25, -0.2) is 4.98 Å². The van der Waals surface area contributed by atoms with Gasteiger partial charge < -0.3 is 5.73 Å². The molecule has 2 aromatic heterocycles. The molecule has 3 N–H and O–H groups in total. The van der Waals surface area contributed by atoms with E-state index in [0.29, 0.717) is 11.4 Å². The van der Waals surface area contributed by atoms with Gasteiger partial charge in [-0.3, -0.25) is 5.10 Å². The summed E-state index contributed by atoms with van der Waals surface area (Å²) in [7, 11) is 0. The minimum atomic E-state index is 0.506. The highest BCUT2D eigenvalue weighted by Gasteiger charge is 2.10. The molecule has 0 aliphatic heterocycles. The highest BCUT2D eigenvalue weighted by molar-refractivity contribution is 7.13. The number of aromatic nitrogens is 3. The number of nitrogens with one attached hydrogen (secondary N) is 1. The van der Waals surface area contributed by atoms with Crippen molar-refractivity contribution in [3.63, 3.8) is 0 Å². The van der Waals surface area contributed by atoms with Crippen molar-refractivity contribution < 1.29 is 0 Å². The van der Waals surface area contributed by atoms with E-state index in [1.54, 1.807) is 12.3 Å². The van der Waals surface area contributed by atoms with Crippen LogP contribution in [0.4, 0.5) is 5.82 Å². The monoisotopic (exact) mass is 267 g/mol. The van der Waals surface area contributed by atoms with Gasteiger partial charge in [0.1, 0.15) is 10.8 Å². The Hall–Kier alpha value is -2.65. The number of nitrogen functional groups attached to an aromatic ring is 1. The minimum absolute atomic E-state index is 0.506. The van der Waals surface area contributed by atoms with Gasteiger partial charge in [0.05, 0.1) is 29.1 Å². The largest absolute Gasteiger partial charge is 0.383 e. The highest BCUT2D eigenvalue weighted by atomic mass is 32.1. The van der Waals surface area contributed by atoms with Crippen molar-refractivity contribution in [1.29, 1.82) is 5.26 Å². The summed E-state index contributed by atoms with van der Waals surface area (Å²) in [5.41, 5.74) is 8.94. The average molecular weight is 267 g/mol. The van der Waals surface area contributed by atoms with Crippen LogP contribution in [0.25, 0.3) is 21.8 Å². The fourth-order valence-electron chi connectivity index (χ4n) is 1.74. The zero-order valence-electron chi connectivity index (χ0n) is 9.79. The van der Waals surface area contributed by atoms with Crippen molar-refractivity contribution in [1.82, 2.24) is 15.2 Å². The first-order chi connectivity index (χ1) is 9.28. The number of nitrogens with zero attached hydrogens (tertiary/aromatic N) is 3. The summed E-state index contributed by atoms with van der Waals surface area (Å²) in [5, 5.41) is 18.2. The van der Waals surface area contributed by atoms with Gasteiger partial charge in [-0.2, -0.15) is 10.4 Å². The minimum Gasteiger partial charge on any atom is -0.383 e. The third kappa shape index (κ3) is 2.07. The molecule has 0 aliphatic carbocycles. The molecule has 6 heteroatoms. The lowest BCUT2D eigenvalue weighted by Crippen LogP contribution is -1.87. The SMILES string of the molecule is N#Cc1cccc(-c2csc(-c3cn[nH]c3N)n2)c1. The van der Waals surface area contributed by atoms with E-state index >= 15 is 0 Å². The number of thiazole rings is 1. The Morgan fingerprint density at radius 1 is 1.37 bits per heavy atom. The van der Waals surface area contributed by atoms with Gasteiger partial charge in [-0.1, -0.05) is 12.1 Å². The third-order valence-electron chi connectivity index (χ3n) is 2.69. The van der Waals surface area contributed by atoms with Crippen LogP contribution in [-0.2, 0) is 0 Å². The Morgan fingerprint density at radius 3 is 3.00 bits per heavy atom. The molecule has 0 atom stereocenters. The molecule has 2 heterocycles. The van der Waals surface area contributed by atoms with E-state index in [-0.39, 0.29) is 0 Å². The lowest BCUT2D eigenvalue weighted by Gasteiger charge is -1.96. The molecule has 0 fully saturated rings. The van der Waals surface area contributed by atoms with Crippen LogP contribution in [0.3, 0.4) is 0 Å². The average Bonchev–Trinajstić information content (AvgIpc) is 3.07. The van der Waals surface area contributed by atoms with E-state index in [2.05, 4.69) is 21.3 Å². The molecule has 0 aliphatic rings. The van der Waals surface area contributed by atoms with E-state index in [1.165, 1.54) is 11.3 Å². The molecule has 0 saturated carbocycles. The summed E-state index contributed by atoms with van der Waals surface area (Å²) in [6.07, 6.45) is 1.66. The fourth-order valence-corrected chi connectivity index (χ4v) is 2.60. The Balaban J connectivity index is 2.02. The van der Waals surface area contributed by atoms with Crippen molar-refractivity contribution in [2.24, 2.45) is 0 Å². The van der Waals surface area contributed by atoms with E-state index < -0.39 is 0 Å². The number of benzene rings is 1. The Labute approximate surface area is 113 Å². The number of H-pyrrole nitrogens is 1. The summed E-state index contributed by atoms with van der Waals surface area (Å²) >= 11 is 1.50. The van der Waals surface area contributed by atoms with Gasteiger partial charge in [0.25, 0.3) is 0 Å². The third-order valence-corrected chi connectivity index (χ3v) is 3.57. The van der Waals surface area contributed by atoms with Crippen LogP contribution in [-0.4, -0.2) is 15.2 Å². The zero-order chi connectivity index (χ0) is 13.2. The van der Waals surface area contributed by atoms with Crippen LogP contribution in [0, 0.1) is 11.3 Å². The van der Waals surface area contributed by atoms with Gasteiger partial charge >= 0.3 is 0 Å². The zero-order valence-corrected chi connectivity index (χ0v) is 10.6. The van der Waals surface area contributed by atoms with E-state index in [9.17, 15) is 0 Å². The topological polar surface area (TPSA) is 91.4 Å². The van der Waals surface area contributed by atoms with Crippen LogP contribution in [0.5, 0.6) is 0 Å². The second-order valence-corrected chi connectivity index (χ2v) is 4.79. The number of nitriles is 1. The molecule has 0 amide bonds. The first-order valence-electron chi connectivity index (χ1n) is 5.53. The highest BCUT2D eigenvalue weighted by Crippen LogP contribution is 2.31. The summed E-state index contributed by atoms with van der Waals surface area (Å²) < 4.78 is 0. The van der Waals surface area contributed by atoms with Gasteiger partial charge in [0, 0.05) is 10.9 Å². The molecule has 0 radical (unpaired) electrons. The lowest BCUT2D eigenvalue weighted by atomic mass is 10.1. The van der Waals surface area contributed by atoms with Crippen molar-refractivity contribution in [2.75, 3.05) is 5.73 Å². The molecule has 1 aromatic carbocycles. The molecular weight excluding hydrogens is 258 g/mol. The Morgan fingerprint density at radius 2 is 2.26 bits per heavy atom. The number of rotatable bonds is 2. The molecule has 0 saturated heterocycles. The van der Waals surface area contributed by atoms with Crippen molar-refractivity contribution >= 4 is 17.2 Å². The van der Waals surface area contributed by atoms with Crippen molar-refractivity contribution in [2.45, 2.75) is 0 Å². The molecule has 0 bridgehead atoms. The normalized spacial score (nSPS) is 10.3. The van der Waals surface area contributed by atoms with Crippen molar-refractivity contribution in [3.8, 4) is 27.9 Å².